The molecule has 0 aliphatic carbocycles. The average Bonchev–Trinajstić information content (AvgIpc) is 2.72. The smallest absolute Gasteiger partial charge is 0.0393 e. The summed E-state index contributed by atoms with van der Waals surface area (Å²) < 4.78 is 0. The highest BCUT2D eigenvalue weighted by Crippen LogP contribution is 2.31. The SMILES string of the molecule is CCC1CCCCCN1c1ccc2c(c1)NCCC2. The summed E-state index contributed by atoms with van der Waals surface area (Å²) >= 11 is 0. The zero-order chi connectivity index (χ0) is 13.1. The molecular formula is C17H26N2. The van der Waals surface area contributed by atoms with Crippen molar-refractivity contribution < 1.29 is 0 Å². The number of aryl methyl sites for hydroxylation is 1. The molecule has 0 aromatic heterocycles. The number of hydrogen-bond acceptors (Lipinski definition) is 2. The third kappa shape index (κ3) is 2.72. The molecule has 2 aliphatic heterocycles. The minimum Gasteiger partial charge on any atom is -0.385 e. The Kier molecular flexibility index (Phi) is 3.95. The third-order valence-corrected chi connectivity index (χ3v) is 4.71. The van der Waals surface area contributed by atoms with Crippen LogP contribution in [0.1, 0.15) is 51.0 Å². The quantitative estimate of drug-likeness (QED) is 0.855. The molecule has 1 aromatic rings. The van der Waals surface area contributed by atoms with E-state index in [1.165, 1.54) is 68.4 Å². The first kappa shape index (κ1) is 12.8. The van der Waals surface area contributed by atoms with Crippen LogP contribution in [-0.2, 0) is 6.42 Å². The molecular weight excluding hydrogens is 232 g/mol. The van der Waals surface area contributed by atoms with E-state index in [4.69, 9.17) is 0 Å². The van der Waals surface area contributed by atoms with Crippen LogP contribution in [0.15, 0.2) is 18.2 Å². The Bertz CT molecular complexity index is 427. The Hall–Kier alpha value is -1.18. The van der Waals surface area contributed by atoms with Gasteiger partial charge in [0.1, 0.15) is 0 Å². The van der Waals surface area contributed by atoms with Gasteiger partial charge in [-0.05, 0) is 49.8 Å². The predicted octanol–water partition coefficient (Wildman–Crippen LogP) is 4.20. The summed E-state index contributed by atoms with van der Waals surface area (Å²) in [6, 6.07) is 7.82. The van der Waals surface area contributed by atoms with Gasteiger partial charge in [0, 0.05) is 30.5 Å². The Balaban J connectivity index is 1.86. The van der Waals surface area contributed by atoms with Crippen LogP contribution in [-0.4, -0.2) is 19.1 Å². The Morgan fingerprint density at radius 2 is 2.16 bits per heavy atom. The highest BCUT2D eigenvalue weighted by molar-refractivity contribution is 5.63. The number of nitrogens with one attached hydrogen (secondary N) is 1. The van der Waals surface area contributed by atoms with Crippen LogP contribution in [0, 0.1) is 0 Å². The van der Waals surface area contributed by atoms with Crippen LogP contribution < -0.4 is 10.2 Å². The lowest BCUT2D eigenvalue weighted by Crippen LogP contribution is -2.34. The Morgan fingerprint density at radius 1 is 1.21 bits per heavy atom. The summed E-state index contributed by atoms with van der Waals surface area (Å²) in [6.45, 7) is 4.70. The minimum absolute atomic E-state index is 0.740. The van der Waals surface area contributed by atoms with Gasteiger partial charge >= 0.3 is 0 Å². The fourth-order valence-corrected chi connectivity index (χ4v) is 3.57. The topological polar surface area (TPSA) is 15.3 Å². The van der Waals surface area contributed by atoms with Gasteiger partial charge < -0.3 is 10.2 Å². The fraction of sp³-hybridized carbons (Fsp3) is 0.647. The molecule has 1 fully saturated rings. The second kappa shape index (κ2) is 5.85. The first-order valence-electron chi connectivity index (χ1n) is 8.02. The highest BCUT2D eigenvalue weighted by Gasteiger charge is 2.20. The molecule has 0 bridgehead atoms. The van der Waals surface area contributed by atoms with Gasteiger partial charge in [-0.1, -0.05) is 25.8 Å². The first-order chi connectivity index (χ1) is 9.38. The number of anilines is 2. The van der Waals surface area contributed by atoms with Crippen molar-refractivity contribution in [2.24, 2.45) is 0 Å². The van der Waals surface area contributed by atoms with Gasteiger partial charge in [-0.3, -0.25) is 0 Å². The molecule has 1 aromatic carbocycles. The average molecular weight is 258 g/mol. The van der Waals surface area contributed by atoms with Gasteiger partial charge in [0.05, 0.1) is 0 Å². The number of rotatable bonds is 2. The number of nitrogens with zero attached hydrogens (tertiary/aromatic N) is 1. The molecule has 1 atom stereocenters. The molecule has 2 heteroatoms. The molecule has 1 unspecified atom stereocenters. The molecule has 104 valence electrons. The summed E-state index contributed by atoms with van der Waals surface area (Å²) in [5.41, 5.74) is 4.31. The highest BCUT2D eigenvalue weighted by atomic mass is 15.2. The predicted molar refractivity (Wildman–Crippen MR) is 83.1 cm³/mol. The Morgan fingerprint density at radius 3 is 3.05 bits per heavy atom. The van der Waals surface area contributed by atoms with Crippen molar-refractivity contribution in [2.75, 3.05) is 23.3 Å². The molecule has 2 aliphatic rings. The second-order valence-electron chi connectivity index (χ2n) is 5.98. The fourth-order valence-electron chi connectivity index (χ4n) is 3.57. The summed E-state index contributed by atoms with van der Waals surface area (Å²) in [5.74, 6) is 0. The molecule has 3 rings (SSSR count). The number of fused-ring (bicyclic) bond motifs is 1. The van der Waals surface area contributed by atoms with Crippen molar-refractivity contribution >= 4 is 11.4 Å². The Labute approximate surface area is 117 Å². The van der Waals surface area contributed by atoms with Gasteiger partial charge in [-0.15, -0.1) is 0 Å². The van der Waals surface area contributed by atoms with E-state index in [0.717, 1.165) is 12.6 Å². The van der Waals surface area contributed by atoms with Gasteiger partial charge in [0.25, 0.3) is 0 Å². The lowest BCUT2D eigenvalue weighted by atomic mass is 10.0. The summed E-state index contributed by atoms with van der Waals surface area (Å²) in [7, 11) is 0. The first-order valence-corrected chi connectivity index (χ1v) is 8.02. The van der Waals surface area contributed by atoms with Crippen LogP contribution in [0.25, 0.3) is 0 Å². The van der Waals surface area contributed by atoms with Gasteiger partial charge in [-0.25, -0.2) is 0 Å². The zero-order valence-electron chi connectivity index (χ0n) is 12.1. The van der Waals surface area contributed by atoms with Crippen LogP contribution in [0.5, 0.6) is 0 Å². The van der Waals surface area contributed by atoms with Crippen molar-refractivity contribution in [3.63, 3.8) is 0 Å². The van der Waals surface area contributed by atoms with Crippen LogP contribution in [0.2, 0.25) is 0 Å². The van der Waals surface area contributed by atoms with E-state index >= 15 is 0 Å². The van der Waals surface area contributed by atoms with E-state index < -0.39 is 0 Å². The zero-order valence-corrected chi connectivity index (χ0v) is 12.1. The van der Waals surface area contributed by atoms with Crippen molar-refractivity contribution in [3.8, 4) is 0 Å². The number of hydrogen-bond donors (Lipinski definition) is 1. The lowest BCUT2D eigenvalue weighted by molar-refractivity contribution is 0.556. The summed E-state index contributed by atoms with van der Waals surface area (Å²) in [4.78, 5) is 2.66. The molecule has 19 heavy (non-hydrogen) atoms. The second-order valence-corrected chi connectivity index (χ2v) is 5.98. The van der Waals surface area contributed by atoms with E-state index in [0.29, 0.717) is 0 Å². The van der Waals surface area contributed by atoms with Crippen LogP contribution >= 0.6 is 0 Å². The normalized spacial score (nSPS) is 23.4. The number of benzene rings is 1. The van der Waals surface area contributed by atoms with Crippen molar-refractivity contribution in [2.45, 2.75) is 57.9 Å². The van der Waals surface area contributed by atoms with Gasteiger partial charge in [0.2, 0.25) is 0 Å². The largest absolute Gasteiger partial charge is 0.385 e. The van der Waals surface area contributed by atoms with Gasteiger partial charge in [-0.2, -0.15) is 0 Å². The third-order valence-electron chi connectivity index (χ3n) is 4.71. The standard InChI is InChI=1S/C17H26N2/c1-2-15-8-4-3-5-12-19(15)16-10-9-14-7-6-11-18-17(14)13-16/h9-10,13,15,18H,2-8,11-12H2,1H3. The van der Waals surface area contributed by atoms with Gasteiger partial charge in [0.15, 0.2) is 0 Å². The maximum absolute atomic E-state index is 3.56. The molecule has 0 saturated carbocycles. The van der Waals surface area contributed by atoms with Crippen LogP contribution in [0.4, 0.5) is 11.4 Å². The van der Waals surface area contributed by atoms with E-state index in [1.54, 1.807) is 0 Å². The summed E-state index contributed by atoms with van der Waals surface area (Å²) in [5, 5.41) is 3.56. The van der Waals surface area contributed by atoms with E-state index in [1.807, 2.05) is 0 Å². The maximum atomic E-state index is 3.56. The molecule has 2 heterocycles. The molecule has 2 nitrogen and oxygen atoms in total. The molecule has 0 radical (unpaired) electrons. The van der Waals surface area contributed by atoms with Crippen LogP contribution in [0.3, 0.4) is 0 Å². The molecule has 0 spiro atoms. The van der Waals surface area contributed by atoms with E-state index in [2.05, 4.69) is 35.3 Å². The van der Waals surface area contributed by atoms with Crippen molar-refractivity contribution in [1.29, 1.82) is 0 Å². The monoisotopic (exact) mass is 258 g/mol. The van der Waals surface area contributed by atoms with Crippen molar-refractivity contribution in [1.82, 2.24) is 0 Å². The van der Waals surface area contributed by atoms with Crippen molar-refractivity contribution in [3.05, 3.63) is 23.8 Å². The summed E-state index contributed by atoms with van der Waals surface area (Å²) in [6.07, 6.45) is 9.29. The van der Waals surface area contributed by atoms with E-state index in [9.17, 15) is 0 Å². The molecule has 0 amide bonds. The van der Waals surface area contributed by atoms with E-state index in [-0.39, 0.29) is 0 Å². The molecule has 1 saturated heterocycles. The minimum atomic E-state index is 0.740. The lowest BCUT2D eigenvalue weighted by Gasteiger charge is -2.32. The maximum Gasteiger partial charge on any atom is 0.0393 e. The molecule has 1 N–H and O–H groups in total.